The first-order valence-electron chi connectivity index (χ1n) is 4.69. The summed E-state index contributed by atoms with van der Waals surface area (Å²) in [5, 5.41) is 0.416. The Morgan fingerprint density at radius 2 is 2.07 bits per heavy atom. The van der Waals surface area contributed by atoms with Crippen LogP contribution in [-0.2, 0) is 0 Å². The molecule has 0 N–H and O–H groups in total. The van der Waals surface area contributed by atoms with Crippen molar-refractivity contribution in [3.05, 3.63) is 17.0 Å². The molecule has 1 aromatic heterocycles. The highest BCUT2D eigenvalue weighted by atomic mass is 35.5. The zero-order valence-corrected chi connectivity index (χ0v) is 9.75. The fourth-order valence-electron chi connectivity index (χ4n) is 1.14. The summed E-state index contributed by atoms with van der Waals surface area (Å²) in [6.07, 6.45) is 6.28. The van der Waals surface area contributed by atoms with Gasteiger partial charge in [0.25, 0.3) is 0 Å². The monoisotopic (exact) mass is 224 g/mol. The van der Waals surface area contributed by atoms with Crippen LogP contribution in [0.15, 0.2) is 6.33 Å². The van der Waals surface area contributed by atoms with Gasteiger partial charge in [-0.25, -0.2) is 9.97 Å². The quantitative estimate of drug-likeness (QED) is 0.585. The number of rotatable bonds is 3. The Hall–Kier alpha value is -1.27. The Bertz CT molecular complexity index is 385. The number of terminal acetylenes is 1. The number of hydrogen-bond acceptors (Lipinski definition) is 3. The predicted molar refractivity (Wildman–Crippen MR) is 60.1 cm³/mol. The van der Waals surface area contributed by atoms with E-state index in [-0.39, 0.29) is 12.0 Å². The molecule has 80 valence electrons. The van der Waals surface area contributed by atoms with Gasteiger partial charge in [-0.1, -0.05) is 31.4 Å². The molecule has 0 saturated carbocycles. The number of ether oxygens (including phenoxy) is 1. The fourth-order valence-corrected chi connectivity index (χ4v) is 1.48. The van der Waals surface area contributed by atoms with Gasteiger partial charge in [0.15, 0.2) is 6.10 Å². The van der Waals surface area contributed by atoms with Crippen LogP contribution in [0.2, 0.25) is 5.15 Å². The maximum absolute atomic E-state index is 5.97. The maximum atomic E-state index is 5.97. The highest BCUT2D eigenvalue weighted by Crippen LogP contribution is 2.29. The molecule has 3 nitrogen and oxygen atoms in total. The molecule has 1 unspecified atom stereocenters. The van der Waals surface area contributed by atoms with Crippen LogP contribution in [0.25, 0.3) is 0 Å². The van der Waals surface area contributed by atoms with E-state index >= 15 is 0 Å². The van der Waals surface area contributed by atoms with E-state index in [9.17, 15) is 0 Å². The van der Waals surface area contributed by atoms with Crippen molar-refractivity contribution in [3.8, 4) is 18.2 Å². The zero-order chi connectivity index (χ0) is 11.4. The van der Waals surface area contributed by atoms with Gasteiger partial charge >= 0.3 is 0 Å². The minimum absolute atomic E-state index is 0.193. The van der Waals surface area contributed by atoms with Crippen LogP contribution in [0.4, 0.5) is 0 Å². The Kier molecular flexibility index (Phi) is 3.93. The summed E-state index contributed by atoms with van der Waals surface area (Å²) in [5.41, 5.74) is 0.793. The van der Waals surface area contributed by atoms with E-state index in [2.05, 4.69) is 15.9 Å². The number of aromatic nitrogens is 2. The van der Waals surface area contributed by atoms with E-state index in [1.807, 2.05) is 13.8 Å². The van der Waals surface area contributed by atoms with Crippen molar-refractivity contribution < 1.29 is 4.74 Å². The smallest absolute Gasteiger partial charge is 0.222 e. The average Bonchev–Trinajstić information content (AvgIpc) is 2.17. The van der Waals surface area contributed by atoms with E-state index in [1.54, 1.807) is 6.92 Å². The SMILES string of the molecule is C#CC(C)Oc1ncnc(Cl)c1C(C)C. The van der Waals surface area contributed by atoms with Gasteiger partial charge in [-0.15, -0.1) is 6.42 Å². The molecule has 0 radical (unpaired) electrons. The lowest BCUT2D eigenvalue weighted by Gasteiger charge is -2.14. The number of nitrogens with zero attached hydrogens (tertiary/aromatic N) is 2. The molecular formula is C11H13ClN2O. The van der Waals surface area contributed by atoms with Crippen LogP contribution in [0.1, 0.15) is 32.3 Å². The predicted octanol–water partition coefficient (Wildman–Crippen LogP) is 2.65. The summed E-state index contributed by atoms with van der Waals surface area (Å²) in [4.78, 5) is 7.95. The highest BCUT2D eigenvalue weighted by molar-refractivity contribution is 6.30. The number of hydrogen-bond donors (Lipinski definition) is 0. The molecule has 15 heavy (non-hydrogen) atoms. The fraction of sp³-hybridized carbons (Fsp3) is 0.455. The second-order valence-electron chi connectivity index (χ2n) is 3.46. The molecule has 0 aliphatic rings. The summed E-state index contributed by atoms with van der Waals surface area (Å²) in [6, 6.07) is 0. The first-order chi connectivity index (χ1) is 7.06. The van der Waals surface area contributed by atoms with Crippen molar-refractivity contribution in [1.82, 2.24) is 9.97 Å². The van der Waals surface area contributed by atoms with Crippen LogP contribution in [0, 0.1) is 12.3 Å². The van der Waals surface area contributed by atoms with Crippen molar-refractivity contribution in [3.63, 3.8) is 0 Å². The third-order valence-electron chi connectivity index (χ3n) is 1.90. The molecule has 0 aliphatic carbocycles. The largest absolute Gasteiger partial charge is 0.461 e. The average molecular weight is 225 g/mol. The summed E-state index contributed by atoms with van der Waals surface area (Å²) in [7, 11) is 0. The summed E-state index contributed by atoms with van der Waals surface area (Å²) in [6.45, 7) is 5.77. The lowest BCUT2D eigenvalue weighted by molar-refractivity contribution is 0.263. The molecule has 0 spiro atoms. The van der Waals surface area contributed by atoms with Crippen LogP contribution in [0.3, 0.4) is 0 Å². The molecule has 0 fully saturated rings. The molecule has 1 heterocycles. The highest BCUT2D eigenvalue weighted by Gasteiger charge is 2.15. The van der Waals surface area contributed by atoms with E-state index in [4.69, 9.17) is 22.8 Å². The third-order valence-corrected chi connectivity index (χ3v) is 2.20. The zero-order valence-electron chi connectivity index (χ0n) is 8.99. The van der Waals surface area contributed by atoms with Gasteiger partial charge in [0.2, 0.25) is 5.88 Å². The standard InChI is InChI=1S/C11H13ClN2O/c1-5-8(4)15-11-9(7(2)3)10(12)13-6-14-11/h1,6-8H,2-4H3. The van der Waals surface area contributed by atoms with Gasteiger partial charge in [0, 0.05) is 0 Å². The summed E-state index contributed by atoms with van der Waals surface area (Å²) < 4.78 is 5.47. The first-order valence-corrected chi connectivity index (χ1v) is 5.07. The molecule has 0 amide bonds. The van der Waals surface area contributed by atoms with Crippen molar-refractivity contribution in [1.29, 1.82) is 0 Å². The third kappa shape index (κ3) is 2.84. The molecular weight excluding hydrogens is 212 g/mol. The van der Waals surface area contributed by atoms with Gasteiger partial charge in [-0.3, -0.25) is 0 Å². The van der Waals surface area contributed by atoms with Gasteiger partial charge in [0.05, 0.1) is 5.56 Å². The van der Waals surface area contributed by atoms with Crippen molar-refractivity contribution in [2.24, 2.45) is 0 Å². The Morgan fingerprint density at radius 3 is 2.60 bits per heavy atom. The minimum Gasteiger partial charge on any atom is -0.461 e. The van der Waals surface area contributed by atoms with Crippen LogP contribution in [-0.4, -0.2) is 16.1 Å². The first kappa shape index (κ1) is 11.8. The topological polar surface area (TPSA) is 35.0 Å². The normalized spacial score (nSPS) is 12.3. The van der Waals surface area contributed by atoms with Gasteiger partial charge in [0.1, 0.15) is 11.5 Å². The van der Waals surface area contributed by atoms with Crippen molar-refractivity contribution in [2.75, 3.05) is 0 Å². The minimum atomic E-state index is -0.325. The molecule has 0 aromatic carbocycles. The number of halogens is 1. The van der Waals surface area contributed by atoms with Crippen molar-refractivity contribution >= 4 is 11.6 Å². The lowest BCUT2D eigenvalue weighted by Crippen LogP contribution is -2.12. The van der Waals surface area contributed by atoms with E-state index < -0.39 is 0 Å². The Labute approximate surface area is 94.8 Å². The molecule has 1 aromatic rings. The van der Waals surface area contributed by atoms with E-state index in [0.29, 0.717) is 11.0 Å². The van der Waals surface area contributed by atoms with Crippen LogP contribution in [0.5, 0.6) is 5.88 Å². The lowest BCUT2D eigenvalue weighted by atomic mass is 10.1. The van der Waals surface area contributed by atoms with Crippen molar-refractivity contribution in [2.45, 2.75) is 32.8 Å². The van der Waals surface area contributed by atoms with Gasteiger partial charge in [-0.2, -0.15) is 0 Å². The molecule has 0 aliphatic heterocycles. The molecule has 4 heteroatoms. The second-order valence-corrected chi connectivity index (χ2v) is 3.82. The van der Waals surface area contributed by atoms with Gasteiger partial charge < -0.3 is 4.74 Å². The molecule has 1 atom stereocenters. The summed E-state index contributed by atoms with van der Waals surface area (Å²) >= 11 is 5.97. The molecule has 1 rings (SSSR count). The van der Waals surface area contributed by atoms with Gasteiger partial charge in [-0.05, 0) is 12.8 Å². The molecule has 0 bridgehead atoms. The van der Waals surface area contributed by atoms with Crippen LogP contribution >= 0.6 is 11.6 Å². The maximum Gasteiger partial charge on any atom is 0.222 e. The Balaban J connectivity index is 3.07. The Morgan fingerprint density at radius 1 is 1.40 bits per heavy atom. The van der Waals surface area contributed by atoms with E-state index in [1.165, 1.54) is 6.33 Å². The van der Waals surface area contributed by atoms with E-state index in [0.717, 1.165) is 5.56 Å². The molecule has 0 saturated heterocycles. The second kappa shape index (κ2) is 4.99. The van der Waals surface area contributed by atoms with Crippen LogP contribution < -0.4 is 4.74 Å². The summed E-state index contributed by atoms with van der Waals surface area (Å²) in [5.74, 6) is 3.13.